The smallest absolute Gasteiger partial charge is 0.389 e. The molecule has 0 atom stereocenters. The SMILES string of the molecule is C=C(CCC(F)(F)F)OC. The lowest BCUT2D eigenvalue weighted by Crippen LogP contribution is -2.07. The molecular weight excluding hydrogens is 145 g/mol. The molecule has 0 aliphatic rings. The van der Waals surface area contributed by atoms with E-state index in [9.17, 15) is 13.2 Å². The molecule has 0 aliphatic heterocycles. The fourth-order valence-electron chi connectivity index (χ4n) is 0.383. The average Bonchev–Trinajstić information content (AvgIpc) is 1.81. The molecule has 0 amide bonds. The molecule has 0 rings (SSSR count). The van der Waals surface area contributed by atoms with Gasteiger partial charge in [0.2, 0.25) is 0 Å². The van der Waals surface area contributed by atoms with Crippen molar-refractivity contribution in [1.29, 1.82) is 0 Å². The van der Waals surface area contributed by atoms with Crippen LogP contribution >= 0.6 is 0 Å². The second-order valence-corrected chi connectivity index (χ2v) is 1.86. The number of hydrogen-bond donors (Lipinski definition) is 0. The normalized spacial score (nSPS) is 11.2. The zero-order chi connectivity index (χ0) is 8.20. The van der Waals surface area contributed by atoms with E-state index in [-0.39, 0.29) is 12.2 Å². The largest absolute Gasteiger partial charge is 0.502 e. The molecule has 60 valence electrons. The third-order valence-corrected chi connectivity index (χ3v) is 0.976. The van der Waals surface area contributed by atoms with Gasteiger partial charge in [0, 0.05) is 6.42 Å². The van der Waals surface area contributed by atoms with Crippen molar-refractivity contribution in [3.05, 3.63) is 12.3 Å². The molecule has 0 N–H and O–H groups in total. The van der Waals surface area contributed by atoms with E-state index in [0.29, 0.717) is 0 Å². The molecule has 0 aromatic carbocycles. The summed E-state index contributed by atoms with van der Waals surface area (Å²) in [5.41, 5.74) is 0. The van der Waals surface area contributed by atoms with Gasteiger partial charge in [-0.15, -0.1) is 0 Å². The molecule has 4 heteroatoms. The van der Waals surface area contributed by atoms with E-state index in [1.54, 1.807) is 0 Å². The summed E-state index contributed by atoms with van der Waals surface area (Å²) in [5, 5.41) is 0. The van der Waals surface area contributed by atoms with Gasteiger partial charge in [-0.2, -0.15) is 13.2 Å². The first-order valence-corrected chi connectivity index (χ1v) is 2.74. The molecule has 0 spiro atoms. The Morgan fingerprint density at radius 1 is 1.50 bits per heavy atom. The fraction of sp³-hybridized carbons (Fsp3) is 0.667. The zero-order valence-electron chi connectivity index (χ0n) is 5.66. The number of halogens is 3. The van der Waals surface area contributed by atoms with Crippen molar-refractivity contribution in [3.63, 3.8) is 0 Å². The minimum absolute atomic E-state index is 0.153. The van der Waals surface area contributed by atoms with E-state index in [0.717, 1.165) is 0 Å². The molecule has 0 bridgehead atoms. The number of alkyl halides is 3. The molecule has 1 nitrogen and oxygen atoms in total. The molecule has 0 saturated heterocycles. The predicted octanol–water partition coefficient (Wildman–Crippen LogP) is 2.49. The summed E-state index contributed by atoms with van der Waals surface area (Å²) < 4.78 is 38.8. The molecule has 0 aliphatic carbocycles. The summed E-state index contributed by atoms with van der Waals surface area (Å²) in [5.74, 6) is 0.164. The highest BCUT2D eigenvalue weighted by molar-refractivity contribution is 4.82. The third kappa shape index (κ3) is 5.47. The summed E-state index contributed by atoms with van der Waals surface area (Å²) in [6, 6.07) is 0. The molecule has 0 saturated carbocycles. The lowest BCUT2D eigenvalue weighted by atomic mass is 10.3. The van der Waals surface area contributed by atoms with Crippen LogP contribution in [0.5, 0.6) is 0 Å². The number of allylic oxidation sites excluding steroid dienone is 1. The van der Waals surface area contributed by atoms with Crippen molar-refractivity contribution >= 4 is 0 Å². The van der Waals surface area contributed by atoms with Gasteiger partial charge >= 0.3 is 6.18 Å². The first kappa shape index (κ1) is 9.33. The molecule has 0 radical (unpaired) electrons. The first-order chi connectivity index (χ1) is 4.45. The zero-order valence-corrected chi connectivity index (χ0v) is 5.66. The lowest BCUT2D eigenvalue weighted by Gasteiger charge is -2.06. The van der Waals surface area contributed by atoms with Gasteiger partial charge in [-0.1, -0.05) is 6.58 Å². The van der Waals surface area contributed by atoms with Crippen molar-refractivity contribution in [2.24, 2.45) is 0 Å². The molecule has 0 unspecified atom stereocenters. The Kier molecular flexibility index (Phi) is 3.25. The summed E-state index contributed by atoms with van der Waals surface area (Å²) >= 11 is 0. The number of methoxy groups -OCH3 is 1. The van der Waals surface area contributed by atoms with E-state index in [4.69, 9.17) is 0 Å². The van der Waals surface area contributed by atoms with Gasteiger partial charge in [-0.3, -0.25) is 0 Å². The third-order valence-electron chi connectivity index (χ3n) is 0.976. The summed E-state index contributed by atoms with van der Waals surface area (Å²) in [6.45, 7) is 3.25. The van der Waals surface area contributed by atoms with E-state index >= 15 is 0 Å². The number of rotatable bonds is 3. The van der Waals surface area contributed by atoms with Crippen molar-refractivity contribution < 1.29 is 17.9 Å². The van der Waals surface area contributed by atoms with Crippen molar-refractivity contribution in [2.75, 3.05) is 7.11 Å². The Morgan fingerprint density at radius 3 is 2.30 bits per heavy atom. The number of ether oxygens (including phenoxy) is 1. The van der Waals surface area contributed by atoms with Crippen LogP contribution in [0.2, 0.25) is 0 Å². The highest BCUT2D eigenvalue weighted by Crippen LogP contribution is 2.23. The lowest BCUT2D eigenvalue weighted by molar-refractivity contribution is -0.135. The maximum atomic E-state index is 11.5. The highest BCUT2D eigenvalue weighted by Gasteiger charge is 2.26. The van der Waals surface area contributed by atoms with Crippen LogP contribution in [-0.4, -0.2) is 13.3 Å². The summed E-state index contributed by atoms with van der Waals surface area (Å²) in [6.07, 6.45) is -5.12. The predicted molar refractivity (Wildman–Crippen MR) is 31.4 cm³/mol. The second-order valence-electron chi connectivity index (χ2n) is 1.86. The van der Waals surface area contributed by atoms with Crippen LogP contribution in [0.25, 0.3) is 0 Å². The van der Waals surface area contributed by atoms with Gasteiger partial charge in [0.05, 0.1) is 19.3 Å². The van der Waals surface area contributed by atoms with E-state index in [1.807, 2.05) is 0 Å². The van der Waals surface area contributed by atoms with Crippen LogP contribution in [0, 0.1) is 0 Å². The van der Waals surface area contributed by atoms with Gasteiger partial charge in [0.15, 0.2) is 0 Å². The monoisotopic (exact) mass is 154 g/mol. The molecular formula is C6H9F3O. The van der Waals surface area contributed by atoms with Gasteiger partial charge in [0.25, 0.3) is 0 Å². The molecule has 0 aromatic heterocycles. The van der Waals surface area contributed by atoms with E-state index < -0.39 is 12.6 Å². The maximum absolute atomic E-state index is 11.5. The van der Waals surface area contributed by atoms with Crippen molar-refractivity contribution in [1.82, 2.24) is 0 Å². The minimum Gasteiger partial charge on any atom is -0.502 e. The fourth-order valence-corrected chi connectivity index (χ4v) is 0.383. The van der Waals surface area contributed by atoms with Crippen LogP contribution < -0.4 is 0 Å². The Bertz CT molecular complexity index is 117. The van der Waals surface area contributed by atoms with Crippen LogP contribution in [0.1, 0.15) is 12.8 Å². The molecule has 0 aromatic rings. The first-order valence-electron chi connectivity index (χ1n) is 2.74. The van der Waals surface area contributed by atoms with Crippen LogP contribution in [0.3, 0.4) is 0 Å². The van der Waals surface area contributed by atoms with Gasteiger partial charge in [-0.25, -0.2) is 0 Å². The van der Waals surface area contributed by atoms with Gasteiger partial charge < -0.3 is 4.74 Å². The van der Waals surface area contributed by atoms with Crippen LogP contribution in [0.15, 0.2) is 12.3 Å². The average molecular weight is 154 g/mol. The Hall–Kier alpha value is -0.670. The van der Waals surface area contributed by atoms with Gasteiger partial charge in [0.1, 0.15) is 0 Å². The Morgan fingerprint density at radius 2 is 2.00 bits per heavy atom. The van der Waals surface area contributed by atoms with Crippen LogP contribution in [0.4, 0.5) is 13.2 Å². The van der Waals surface area contributed by atoms with Gasteiger partial charge in [-0.05, 0) is 0 Å². The highest BCUT2D eigenvalue weighted by atomic mass is 19.4. The van der Waals surface area contributed by atoms with E-state index in [1.165, 1.54) is 7.11 Å². The molecule has 10 heavy (non-hydrogen) atoms. The number of hydrogen-bond acceptors (Lipinski definition) is 1. The second kappa shape index (κ2) is 3.49. The standard InChI is InChI=1S/C6H9F3O/c1-5(10-2)3-4-6(7,8)9/h1,3-4H2,2H3. The summed E-state index contributed by atoms with van der Waals surface area (Å²) in [4.78, 5) is 0. The quantitative estimate of drug-likeness (QED) is 0.567. The van der Waals surface area contributed by atoms with Crippen molar-refractivity contribution in [3.8, 4) is 0 Å². The van der Waals surface area contributed by atoms with E-state index in [2.05, 4.69) is 11.3 Å². The minimum atomic E-state index is -4.11. The maximum Gasteiger partial charge on any atom is 0.389 e. The molecule has 0 heterocycles. The van der Waals surface area contributed by atoms with Crippen molar-refractivity contribution in [2.45, 2.75) is 19.0 Å². The topological polar surface area (TPSA) is 9.23 Å². The Labute approximate surface area is 57.5 Å². The van der Waals surface area contributed by atoms with Crippen LogP contribution in [-0.2, 0) is 4.74 Å². The Balaban J connectivity index is 3.46. The molecule has 0 fully saturated rings. The summed E-state index contributed by atoms with van der Waals surface area (Å²) in [7, 11) is 1.30.